The fourth-order valence-electron chi connectivity index (χ4n) is 1.79. The third-order valence-electron chi connectivity index (χ3n) is 2.92. The number of methoxy groups -OCH3 is 1. The van der Waals surface area contributed by atoms with Gasteiger partial charge >= 0.3 is 0 Å². The summed E-state index contributed by atoms with van der Waals surface area (Å²) < 4.78 is 5.34. The van der Waals surface area contributed by atoms with E-state index in [1.54, 1.807) is 20.2 Å². The number of hydrogen-bond acceptors (Lipinski definition) is 6. The second-order valence-corrected chi connectivity index (χ2v) is 4.12. The third kappa shape index (κ3) is 2.62. The van der Waals surface area contributed by atoms with Crippen molar-refractivity contribution in [2.24, 2.45) is 0 Å². The number of para-hydroxylation sites is 2. The first-order chi connectivity index (χ1) is 9.67. The van der Waals surface area contributed by atoms with Crippen molar-refractivity contribution >= 4 is 17.3 Å². The van der Waals surface area contributed by atoms with Crippen LogP contribution in [-0.4, -0.2) is 31.2 Å². The van der Waals surface area contributed by atoms with Crippen molar-refractivity contribution in [2.75, 3.05) is 31.0 Å². The molecule has 1 aromatic heterocycles. The summed E-state index contributed by atoms with van der Waals surface area (Å²) in [6.45, 7) is 0. The van der Waals surface area contributed by atoms with Gasteiger partial charge in [0.1, 0.15) is 23.7 Å². The summed E-state index contributed by atoms with van der Waals surface area (Å²) in [5.41, 5.74) is 0.888. The zero-order valence-electron chi connectivity index (χ0n) is 11.6. The molecule has 0 saturated heterocycles. The molecule has 0 spiro atoms. The molecular weight excluding hydrogens is 254 g/mol. The van der Waals surface area contributed by atoms with Gasteiger partial charge in [-0.1, -0.05) is 12.1 Å². The zero-order chi connectivity index (χ0) is 14.5. The normalized spacial score (nSPS) is 9.70. The Morgan fingerprint density at radius 3 is 2.55 bits per heavy atom. The van der Waals surface area contributed by atoms with E-state index in [9.17, 15) is 0 Å². The topological polar surface area (TPSA) is 65.3 Å². The van der Waals surface area contributed by atoms with Gasteiger partial charge in [0.15, 0.2) is 6.19 Å². The fraction of sp³-hybridized carbons (Fsp3) is 0.214. The van der Waals surface area contributed by atoms with Crippen LogP contribution in [0.1, 0.15) is 0 Å². The molecule has 0 N–H and O–H groups in total. The molecule has 6 nitrogen and oxygen atoms in total. The molecule has 0 atom stereocenters. The van der Waals surface area contributed by atoms with E-state index in [4.69, 9.17) is 10.00 Å². The van der Waals surface area contributed by atoms with Crippen LogP contribution < -0.4 is 14.5 Å². The Balaban J connectivity index is 2.39. The Morgan fingerprint density at radius 1 is 1.15 bits per heavy atom. The van der Waals surface area contributed by atoms with E-state index in [0.717, 1.165) is 11.4 Å². The molecule has 6 heteroatoms. The van der Waals surface area contributed by atoms with Crippen LogP contribution in [0, 0.1) is 11.5 Å². The third-order valence-corrected chi connectivity index (χ3v) is 2.92. The molecule has 0 saturated carbocycles. The molecule has 0 aliphatic heterocycles. The SMILES string of the molecule is COc1ccccc1N(C)c1cc(N(C)C#N)ncn1. The summed E-state index contributed by atoms with van der Waals surface area (Å²) in [4.78, 5) is 11.6. The highest BCUT2D eigenvalue weighted by molar-refractivity contribution is 5.67. The number of rotatable bonds is 4. The van der Waals surface area contributed by atoms with E-state index < -0.39 is 0 Å². The fourth-order valence-corrected chi connectivity index (χ4v) is 1.79. The molecule has 20 heavy (non-hydrogen) atoms. The summed E-state index contributed by atoms with van der Waals surface area (Å²) in [7, 11) is 5.16. The van der Waals surface area contributed by atoms with Crippen LogP contribution in [0.4, 0.5) is 17.3 Å². The van der Waals surface area contributed by atoms with Gasteiger partial charge in [0.05, 0.1) is 12.8 Å². The number of ether oxygens (including phenoxy) is 1. The number of aromatic nitrogens is 2. The molecule has 0 aliphatic carbocycles. The van der Waals surface area contributed by atoms with E-state index in [1.165, 1.54) is 11.2 Å². The van der Waals surface area contributed by atoms with E-state index in [0.29, 0.717) is 11.6 Å². The van der Waals surface area contributed by atoms with Crippen LogP contribution >= 0.6 is 0 Å². The first kappa shape index (κ1) is 13.6. The van der Waals surface area contributed by atoms with Gasteiger partial charge in [-0.25, -0.2) is 9.97 Å². The summed E-state index contributed by atoms with van der Waals surface area (Å²) in [6, 6.07) is 9.41. The number of benzene rings is 1. The molecule has 0 fully saturated rings. The van der Waals surface area contributed by atoms with Gasteiger partial charge in [-0.2, -0.15) is 5.26 Å². The predicted octanol–water partition coefficient (Wildman–Crippen LogP) is 2.17. The van der Waals surface area contributed by atoms with Gasteiger partial charge in [-0.05, 0) is 12.1 Å². The maximum absolute atomic E-state index is 8.90. The lowest BCUT2D eigenvalue weighted by Crippen LogP contribution is -2.15. The lowest BCUT2D eigenvalue weighted by atomic mass is 10.2. The predicted molar refractivity (Wildman–Crippen MR) is 77.1 cm³/mol. The maximum Gasteiger partial charge on any atom is 0.185 e. The summed E-state index contributed by atoms with van der Waals surface area (Å²) in [5, 5.41) is 8.90. The van der Waals surface area contributed by atoms with Gasteiger partial charge in [0.2, 0.25) is 0 Å². The quantitative estimate of drug-likeness (QED) is 0.626. The van der Waals surface area contributed by atoms with E-state index in [2.05, 4.69) is 9.97 Å². The van der Waals surface area contributed by atoms with Crippen molar-refractivity contribution in [2.45, 2.75) is 0 Å². The van der Waals surface area contributed by atoms with Crippen LogP contribution in [0.3, 0.4) is 0 Å². The Morgan fingerprint density at radius 2 is 1.85 bits per heavy atom. The molecule has 0 unspecified atom stereocenters. The minimum Gasteiger partial charge on any atom is -0.495 e. The summed E-state index contributed by atoms with van der Waals surface area (Å²) in [6.07, 6.45) is 3.44. The van der Waals surface area contributed by atoms with Crippen molar-refractivity contribution < 1.29 is 4.74 Å². The van der Waals surface area contributed by atoms with Crippen LogP contribution in [0.15, 0.2) is 36.7 Å². The summed E-state index contributed by atoms with van der Waals surface area (Å²) >= 11 is 0. The monoisotopic (exact) mass is 269 g/mol. The van der Waals surface area contributed by atoms with Crippen LogP contribution in [0.25, 0.3) is 0 Å². The average Bonchev–Trinajstić information content (AvgIpc) is 2.53. The first-order valence-corrected chi connectivity index (χ1v) is 5.99. The highest BCUT2D eigenvalue weighted by Crippen LogP contribution is 2.31. The lowest BCUT2D eigenvalue weighted by molar-refractivity contribution is 0.415. The van der Waals surface area contributed by atoms with E-state index >= 15 is 0 Å². The maximum atomic E-state index is 8.90. The van der Waals surface area contributed by atoms with E-state index in [1.807, 2.05) is 42.4 Å². The van der Waals surface area contributed by atoms with Gasteiger partial charge in [-0.3, -0.25) is 4.90 Å². The number of anilines is 3. The smallest absolute Gasteiger partial charge is 0.185 e. The zero-order valence-corrected chi connectivity index (χ0v) is 11.6. The van der Waals surface area contributed by atoms with Gasteiger partial charge < -0.3 is 9.64 Å². The first-order valence-electron chi connectivity index (χ1n) is 5.99. The minimum absolute atomic E-state index is 0.541. The molecule has 0 bridgehead atoms. The van der Waals surface area contributed by atoms with Crippen molar-refractivity contribution in [3.05, 3.63) is 36.7 Å². The largest absolute Gasteiger partial charge is 0.495 e. The Labute approximate surface area is 117 Å². The number of nitriles is 1. The molecule has 0 radical (unpaired) electrons. The highest BCUT2D eigenvalue weighted by atomic mass is 16.5. The van der Waals surface area contributed by atoms with Crippen LogP contribution in [0.5, 0.6) is 5.75 Å². The molecule has 2 aromatic rings. The van der Waals surface area contributed by atoms with Crippen molar-refractivity contribution in [1.82, 2.24) is 9.97 Å². The Bertz CT molecular complexity index is 637. The van der Waals surface area contributed by atoms with Gasteiger partial charge in [0, 0.05) is 20.2 Å². The van der Waals surface area contributed by atoms with E-state index in [-0.39, 0.29) is 0 Å². The minimum atomic E-state index is 0.541. The van der Waals surface area contributed by atoms with Crippen molar-refractivity contribution in [3.8, 4) is 11.9 Å². The van der Waals surface area contributed by atoms with Gasteiger partial charge in [0.25, 0.3) is 0 Å². The molecule has 102 valence electrons. The van der Waals surface area contributed by atoms with Crippen LogP contribution in [-0.2, 0) is 0 Å². The number of nitrogens with zero attached hydrogens (tertiary/aromatic N) is 5. The Hall–Kier alpha value is -2.81. The Kier molecular flexibility index (Phi) is 4.01. The average molecular weight is 269 g/mol. The standard InChI is InChI=1S/C14H15N5O/c1-18(9-15)13-8-14(17-10-16-13)19(2)11-6-4-5-7-12(11)20-3/h4-8,10H,1-3H3. The lowest BCUT2D eigenvalue weighted by Gasteiger charge is -2.21. The highest BCUT2D eigenvalue weighted by Gasteiger charge is 2.12. The second kappa shape index (κ2) is 5.89. The van der Waals surface area contributed by atoms with Gasteiger partial charge in [-0.15, -0.1) is 0 Å². The van der Waals surface area contributed by atoms with Crippen molar-refractivity contribution in [3.63, 3.8) is 0 Å². The van der Waals surface area contributed by atoms with Crippen LogP contribution in [0.2, 0.25) is 0 Å². The molecule has 0 aliphatic rings. The molecular formula is C14H15N5O. The second-order valence-electron chi connectivity index (χ2n) is 4.12. The molecule has 1 heterocycles. The van der Waals surface area contributed by atoms with Crippen molar-refractivity contribution in [1.29, 1.82) is 5.26 Å². The summed E-state index contributed by atoms with van der Waals surface area (Å²) in [5.74, 6) is 1.98. The molecule has 0 amide bonds. The molecule has 2 rings (SSSR count). The molecule has 1 aromatic carbocycles. The number of hydrogen-bond donors (Lipinski definition) is 0.